The van der Waals surface area contributed by atoms with Crippen LogP contribution in [0.5, 0.6) is 0 Å². The van der Waals surface area contributed by atoms with E-state index in [1.54, 1.807) is 24.3 Å². The largest absolute Gasteiger partial charge is 0.477 e. The number of carboxylic acid groups (broad SMARTS) is 1. The van der Waals surface area contributed by atoms with Crippen LogP contribution >= 0.6 is 0 Å². The normalized spacial score (nSPS) is 14.5. The molecule has 1 heterocycles. The molecule has 5 heteroatoms. The SMILES string of the molecule is O=C(O)c1c(CC2CC2)[nH]c(=O)n1-c1ccccc1. The number of hydrogen-bond donors (Lipinski definition) is 2. The molecular weight excluding hydrogens is 244 g/mol. The van der Waals surface area contributed by atoms with Crippen LogP contribution in [0.1, 0.15) is 29.0 Å². The number of aromatic amines is 1. The summed E-state index contributed by atoms with van der Waals surface area (Å²) in [7, 11) is 0. The predicted molar refractivity (Wildman–Crippen MR) is 69.8 cm³/mol. The lowest BCUT2D eigenvalue weighted by Gasteiger charge is -2.05. The van der Waals surface area contributed by atoms with Crippen LogP contribution in [0.15, 0.2) is 35.1 Å². The average molecular weight is 258 g/mol. The number of hydrogen-bond acceptors (Lipinski definition) is 2. The first-order chi connectivity index (χ1) is 9.16. The molecule has 2 aromatic rings. The zero-order valence-electron chi connectivity index (χ0n) is 10.3. The number of aromatic nitrogens is 2. The molecule has 5 nitrogen and oxygen atoms in total. The number of para-hydroxylation sites is 1. The lowest BCUT2D eigenvalue weighted by molar-refractivity contribution is 0.0686. The third-order valence-electron chi connectivity index (χ3n) is 3.38. The van der Waals surface area contributed by atoms with Crippen molar-refractivity contribution in [3.63, 3.8) is 0 Å². The molecule has 0 unspecified atom stereocenters. The molecule has 1 saturated carbocycles. The van der Waals surface area contributed by atoms with E-state index in [9.17, 15) is 14.7 Å². The second-order valence-corrected chi connectivity index (χ2v) is 4.88. The van der Waals surface area contributed by atoms with Crippen molar-refractivity contribution in [3.8, 4) is 5.69 Å². The van der Waals surface area contributed by atoms with Gasteiger partial charge in [0.1, 0.15) is 0 Å². The molecule has 0 aliphatic heterocycles. The fourth-order valence-corrected chi connectivity index (χ4v) is 2.29. The summed E-state index contributed by atoms with van der Waals surface area (Å²) in [5, 5.41) is 9.37. The van der Waals surface area contributed by atoms with Crippen LogP contribution in [0.4, 0.5) is 0 Å². The number of carbonyl (C=O) groups is 1. The topological polar surface area (TPSA) is 75.1 Å². The molecule has 0 amide bonds. The van der Waals surface area contributed by atoms with Crippen LogP contribution in [-0.4, -0.2) is 20.6 Å². The standard InChI is InChI=1S/C14H14N2O3/c17-13(18)12-11(8-9-6-7-9)15-14(19)16(12)10-4-2-1-3-5-10/h1-5,9H,6-8H2,(H,15,19)(H,17,18). The summed E-state index contributed by atoms with van der Waals surface area (Å²) < 4.78 is 1.24. The van der Waals surface area contributed by atoms with Crippen molar-refractivity contribution in [2.45, 2.75) is 19.3 Å². The molecule has 3 rings (SSSR count). The number of rotatable bonds is 4. The molecule has 1 fully saturated rings. The molecule has 0 saturated heterocycles. The van der Waals surface area contributed by atoms with Gasteiger partial charge in [-0.15, -0.1) is 0 Å². The van der Waals surface area contributed by atoms with Gasteiger partial charge < -0.3 is 10.1 Å². The highest BCUT2D eigenvalue weighted by atomic mass is 16.4. The van der Waals surface area contributed by atoms with Crippen molar-refractivity contribution >= 4 is 5.97 Å². The van der Waals surface area contributed by atoms with Gasteiger partial charge >= 0.3 is 11.7 Å². The maximum Gasteiger partial charge on any atom is 0.354 e. The molecule has 0 atom stereocenters. The second kappa shape index (κ2) is 4.42. The van der Waals surface area contributed by atoms with Gasteiger partial charge in [-0.3, -0.25) is 4.57 Å². The van der Waals surface area contributed by atoms with E-state index in [0.29, 0.717) is 23.7 Å². The fraction of sp³-hybridized carbons (Fsp3) is 0.286. The Bertz CT molecular complexity index is 666. The van der Waals surface area contributed by atoms with Crippen LogP contribution in [0.2, 0.25) is 0 Å². The Balaban J connectivity index is 2.15. The minimum atomic E-state index is -1.07. The number of carboxylic acids is 1. The Kier molecular flexibility index (Phi) is 2.74. The van der Waals surface area contributed by atoms with Crippen LogP contribution in [0.25, 0.3) is 5.69 Å². The van der Waals surface area contributed by atoms with Crippen molar-refractivity contribution in [1.29, 1.82) is 0 Å². The van der Waals surface area contributed by atoms with E-state index in [4.69, 9.17) is 0 Å². The Morgan fingerprint density at radius 3 is 2.58 bits per heavy atom. The number of nitrogens with zero attached hydrogens (tertiary/aromatic N) is 1. The first kappa shape index (κ1) is 11.8. The van der Waals surface area contributed by atoms with Crippen LogP contribution < -0.4 is 5.69 Å². The highest BCUT2D eigenvalue weighted by Gasteiger charge is 2.28. The highest BCUT2D eigenvalue weighted by molar-refractivity contribution is 5.87. The molecule has 98 valence electrons. The van der Waals surface area contributed by atoms with E-state index in [1.807, 2.05) is 6.07 Å². The van der Waals surface area contributed by atoms with Crippen molar-refractivity contribution in [3.05, 3.63) is 52.2 Å². The number of H-pyrrole nitrogens is 1. The van der Waals surface area contributed by atoms with Gasteiger partial charge in [0.25, 0.3) is 0 Å². The minimum Gasteiger partial charge on any atom is -0.477 e. The molecule has 1 aromatic heterocycles. The number of benzene rings is 1. The van der Waals surface area contributed by atoms with E-state index in [0.717, 1.165) is 12.8 Å². The number of aromatic carboxylic acids is 1. The Morgan fingerprint density at radius 1 is 1.32 bits per heavy atom. The molecule has 19 heavy (non-hydrogen) atoms. The predicted octanol–water partition coefficient (Wildman–Crippen LogP) is 1.82. The molecule has 2 N–H and O–H groups in total. The number of nitrogens with one attached hydrogen (secondary N) is 1. The van der Waals surface area contributed by atoms with E-state index in [2.05, 4.69) is 4.98 Å². The molecule has 1 aliphatic rings. The summed E-state index contributed by atoms with van der Waals surface area (Å²) in [6, 6.07) is 8.83. The second-order valence-electron chi connectivity index (χ2n) is 4.88. The van der Waals surface area contributed by atoms with Gasteiger partial charge in [0.05, 0.1) is 11.4 Å². The lowest BCUT2D eigenvalue weighted by Crippen LogP contribution is -2.19. The Hall–Kier alpha value is -2.30. The van der Waals surface area contributed by atoms with Crippen LogP contribution in [0, 0.1) is 5.92 Å². The van der Waals surface area contributed by atoms with Gasteiger partial charge in [0.2, 0.25) is 0 Å². The summed E-state index contributed by atoms with van der Waals surface area (Å²) in [5.41, 5.74) is 0.773. The van der Waals surface area contributed by atoms with Crippen LogP contribution in [-0.2, 0) is 6.42 Å². The zero-order chi connectivity index (χ0) is 13.4. The van der Waals surface area contributed by atoms with Gasteiger partial charge in [-0.2, -0.15) is 0 Å². The summed E-state index contributed by atoms with van der Waals surface area (Å²) in [6.07, 6.45) is 2.85. The summed E-state index contributed by atoms with van der Waals surface area (Å²) in [4.78, 5) is 26.2. The van der Waals surface area contributed by atoms with Crippen molar-refractivity contribution in [1.82, 2.24) is 9.55 Å². The van der Waals surface area contributed by atoms with Crippen molar-refractivity contribution < 1.29 is 9.90 Å². The van der Waals surface area contributed by atoms with Crippen LogP contribution in [0.3, 0.4) is 0 Å². The summed E-state index contributed by atoms with van der Waals surface area (Å²) in [6.45, 7) is 0. The number of imidazole rings is 1. The highest BCUT2D eigenvalue weighted by Crippen LogP contribution is 2.33. The van der Waals surface area contributed by atoms with E-state index in [1.165, 1.54) is 4.57 Å². The van der Waals surface area contributed by atoms with Gasteiger partial charge in [0.15, 0.2) is 5.69 Å². The molecule has 0 radical (unpaired) electrons. The Morgan fingerprint density at radius 2 is 2.00 bits per heavy atom. The fourth-order valence-electron chi connectivity index (χ4n) is 2.29. The summed E-state index contributed by atoms with van der Waals surface area (Å²) >= 11 is 0. The third kappa shape index (κ3) is 2.19. The van der Waals surface area contributed by atoms with Gasteiger partial charge in [-0.05, 0) is 37.3 Å². The van der Waals surface area contributed by atoms with Gasteiger partial charge in [-0.1, -0.05) is 18.2 Å². The van der Waals surface area contributed by atoms with Crippen molar-refractivity contribution in [2.75, 3.05) is 0 Å². The lowest BCUT2D eigenvalue weighted by atomic mass is 10.2. The van der Waals surface area contributed by atoms with Crippen molar-refractivity contribution in [2.24, 2.45) is 5.92 Å². The van der Waals surface area contributed by atoms with E-state index in [-0.39, 0.29) is 11.4 Å². The molecule has 0 bridgehead atoms. The Labute approximate surface area is 109 Å². The van der Waals surface area contributed by atoms with E-state index >= 15 is 0 Å². The summed E-state index contributed by atoms with van der Waals surface area (Å²) in [5.74, 6) is -0.557. The third-order valence-corrected chi connectivity index (χ3v) is 3.38. The molecule has 0 spiro atoms. The first-order valence-electron chi connectivity index (χ1n) is 6.29. The molecule has 1 aromatic carbocycles. The molecule has 1 aliphatic carbocycles. The minimum absolute atomic E-state index is 0.0584. The molecular formula is C14H14N2O3. The monoisotopic (exact) mass is 258 g/mol. The maximum atomic E-state index is 12.0. The average Bonchev–Trinajstić information content (AvgIpc) is 3.13. The maximum absolute atomic E-state index is 12.0. The van der Waals surface area contributed by atoms with Gasteiger partial charge in [-0.25, -0.2) is 9.59 Å². The first-order valence-corrected chi connectivity index (χ1v) is 6.29. The zero-order valence-corrected chi connectivity index (χ0v) is 10.3. The van der Waals surface area contributed by atoms with Gasteiger partial charge in [0, 0.05) is 0 Å². The smallest absolute Gasteiger partial charge is 0.354 e. The quantitative estimate of drug-likeness (QED) is 0.878. The van der Waals surface area contributed by atoms with E-state index < -0.39 is 5.97 Å².